The first-order valence-corrected chi connectivity index (χ1v) is 4.55. The molecule has 0 saturated carbocycles. The summed E-state index contributed by atoms with van der Waals surface area (Å²) in [5.41, 5.74) is 0. The third-order valence-electron chi connectivity index (χ3n) is 1.23. The van der Waals surface area contributed by atoms with Gasteiger partial charge < -0.3 is 4.74 Å². The molecule has 0 N–H and O–H groups in total. The van der Waals surface area contributed by atoms with Crippen molar-refractivity contribution >= 4 is 27.5 Å². The van der Waals surface area contributed by atoms with Crippen molar-refractivity contribution in [3.63, 3.8) is 0 Å². The second-order valence-electron chi connectivity index (χ2n) is 2.11. The van der Waals surface area contributed by atoms with Gasteiger partial charge in [0.25, 0.3) is 0 Å². The molecule has 0 aliphatic rings. The van der Waals surface area contributed by atoms with Crippen molar-refractivity contribution in [2.75, 3.05) is 13.3 Å². The number of halogens is 3. The van der Waals surface area contributed by atoms with Crippen molar-refractivity contribution in [2.24, 2.45) is 0 Å². The van der Waals surface area contributed by atoms with Crippen molar-refractivity contribution in [1.82, 2.24) is 0 Å². The van der Waals surface area contributed by atoms with Crippen LogP contribution in [0.2, 0.25) is 5.02 Å². The second kappa shape index (κ2) is 4.67. The lowest BCUT2D eigenvalue weighted by Crippen LogP contribution is -1.98. The summed E-state index contributed by atoms with van der Waals surface area (Å²) >= 11 is 8.94. The predicted molar refractivity (Wildman–Crippen MR) is 50.6 cm³/mol. The fourth-order valence-corrected chi connectivity index (χ4v) is 1.54. The molecule has 0 saturated heterocycles. The summed E-state index contributed by atoms with van der Waals surface area (Å²) in [4.78, 5) is 0. The molecule has 4 heteroatoms. The van der Waals surface area contributed by atoms with Gasteiger partial charge in [-0.25, -0.2) is 4.39 Å². The molecule has 0 amide bonds. The van der Waals surface area contributed by atoms with Crippen LogP contribution in [-0.4, -0.2) is 13.3 Å². The third kappa shape index (κ3) is 2.64. The van der Waals surface area contributed by atoms with Gasteiger partial charge in [0.1, 0.15) is 19.0 Å². The van der Waals surface area contributed by atoms with Crippen LogP contribution in [0.5, 0.6) is 5.75 Å². The molecular weight excluding hydrogens is 246 g/mol. The van der Waals surface area contributed by atoms with Crippen molar-refractivity contribution < 1.29 is 9.13 Å². The summed E-state index contributed by atoms with van der Waals surface area (Å²) < 4.78 is 17.5. The molecule has 0 atom stereocenters. The normalized spacial score (nSPS) is 9.92. The smallest absolute Gasteiger partial charge is 0.133 e. The molecule has 12 heavy (non-hydrogen) atoms. The average Bonchev–Trinajstić information content (AvgIpc) is 2.03. The lowest BCUT2D eigenvalue weighted by molar-refractivity contribution is 0.272. The lowest BCUT2D eigenvalue weighted by Gasteiger charge is -2.05. The number of benzene rings is 1. The zero-order valence-corrected chi connectivity index (χ0v) is 8.53. The maximum absolute atomic E-state index is 11.7. The Bertz CT molecular complexity index is 267. The average molecular weight is 253 g/mol. The van der Waals surface area contributed by atoms with Gasteiger partial charge in [0.2, 0.25) is 0 Å². The Labute approximate surface area is 83.6 Å². The number of hydrogen-bond acceptors (Lipinski definition) is 1. The number of ether oxygens (including phenoxy) is 1. The highest BCUT2D eigenvalue weighted by molar-refractivity contribution is 9.10. The number of hydrogen-bond donors (Lipinski definition) is 0. The zero-order chi connectivity index (χ0) is 8.97. The van der Waals surface area contributed by atoms with Gasteiger partial charge in [-0.3, -0.25) is 0 Å². The fraction of sp³-hybridized carbons (Fsp3) is 0.250. The molecule has 0 spiro atoms. The summed E-state index contributed by atoms with van der Waals surface area (Å²) in [7, 11) is 0. The van der Waals surface area contributed by atoms with Crippen LogP contribution in [0.25, 0.3) is 0 Å². The summed E-state index contributed by atoms with van der Waals surface area (Å²) in [5.74, 6) is 0.608. The van der Waals surface area contributed by atoms with Crippen LogP contribution in [0.15, 0.2) is 22.7 Å². The molecule has 1 rings (SSSR count). The second-order valence-corrected chi connectivity index (χ2v) is 3.40. The molecule has 0 aliphatic carbocycles. The van der Waals surface area contributed by atoms with Crippen molar-refractivity contribution in [2.45, 2.75) is 0 Å². The van der Waals surface area contributed by atoms with Gasteiger partial charge in [0.15, 0.2) is 0 Å². The Balaban J connectivity index is 2.72. The van der Waals surface area contributed by atoms with E-state index in [1.165, 1.54) is 0 Å². The molecule has 1 aromatic carbocycles. The van der Waals surface area contributed by atoms with E-state index in [1.807, 2.05) is 0 Å². The van der Waals surface area contributed by atoms with E-state index in [1.54, 1.807) is 18.2 Å². The quantitative estimate of drug-likeness (QED) is 0.802. The van der Waals surface area contributed by atoms with E-state index in [0.29, 0.717) is 10.8 Å². The van der Waals surface area contributed by atoms with Crippen LogP contribution >= 0.6 is 27.5 Å². The topological polar surface area (TPSA) is 9.23 Å². The molecule has 0 aliphatic heterocycles. The molecule has 1 nitrogen and oxygen atoms in total. The minimum Gasteiger partial charge on any atom is -0.490 e. The van der Waals surface area contributed by atoms with Gasteiger partial charge >= 0.3 is 0 Å². The first-order valence-electron chi connectivity index (χ1n) is 3.38. The first kappa shape index (κ1) is 9.81. The first-order chi connectivity index (χ1) is 5.74. The summed E-state index contributed by atoms with van der Waals surface area (Å²) in [6.45, 7) is -0.421. The highest BCUT2D eigenvalue weighted by Crippen LogP contribution is 2.27. The maximum atomic E-state index is 11.7. The highest BCUT2D eigenvalue weighted by atomic mass is 79.9. The standard InChI is InChI=1S/C8H7BrClFO/c9-7-5-6(10)1-2-8(7)12-4-3-11/h1-2,5H,3-4H2. The Morgan fingerprint density at radius 2 is 2.25 bits per heavy atom. The van der Waals surface area contributed by atoms with E-state index in [9.17, 15) is 4.39 Å². The minimum atomic E-state index is -0.491. The van der Waals surface area contributed by atoms with Crippen LogP contribution in [0.4, 0.5) is 4.39 Å². The molecule has 66 valence electrons. The molecule has 0 bridgehead atoms. The number of rotatable bonds is 3. The van der Waals surface area contributed by atoms with Crippen molar-refractivity contribution in [1.29, 1.82) is 0 Å². The van der Waals surface area contributed by atoms with Gasteiger partial charge in [-0.1, -0.05) is 11.6 Å². The molecule has 1 aromatic rings. The van der Waals surface area contributed by atoms with Crippen LogP contribution in [-0.2, 0) is 0 Å². The molecule has 0 heterocycles. The zero-order valence-electron chi connectivity index (χ0n) is 6.19. The Kier molecular flexibility index (Phi) is 3.82. The largest absolute Gasteiger partial charge is 0.490 e. The van der Waals surface area contributed by atoms with Crippen molar-refractivity contribution in [3.8, 4) is 5.75 Å². The van der Waals surface area contributed by atoms with Gasteiger partial charge in [0.05, 0.1) is 4.47 Å². The van der Waals surface area contributed by atoms with E-state index >= 15 is 0 Å². The van der Waals surface area contributed by atoms with Crippen LogP contribution in [0.3, 0.4) is 0 Å². The lowest BCUT2D eigenvalue weighted by atomic mass is 10.3. The van der Waals surface area contributed by atoms with Gasteiger partial charge in [-0.2, -0.15) is 0 Å². The van der Waals surface area contributed by atoms with E-state index in [-0.39, 0.29) is 6.61 Å². The SMILES string of the molecule is FCCOc1ccc(Cl)cc1Br. The minimum absolute atomic E-state index is 0.0697. The summed E-state index contributed by atoms with van der Waals surface area (Å²) in [5, 5.41) is 0.620. The molecule has 0 unspecified atom stereocenters. The highest BCUT2D eigenvalue weighted by Gasteiger charge is 2.00. The third-order valence-corrected chi connectivity index (χ3v) is 2.08. The molecule has 0 fully saturated rings. The van der Waals surface area contributed by atoms with E-state index in [2.05, 4.69) is 15.9 Å². The van der Waals surface area contributed by atoms with Crippen LogP contribution in [0.1, 0.15) is 0 Å². The van der Waals surface area contributed by atoms with Crippen LogP contribution in [0, 0.1) is 0 Å². The van der Waals surface area contributed by atoms with Crippen LogP contribution < -0.4 is 4.74 Å². The van der Waals surface area contributed by atoms with E-state index < -0.39 is 6.67 Å². The maximum Gasteiger partial charge on any atom is 0.133 e. The Morgan fingerprint density at radius 3 is 2.83 bits per heavy atom. The van der Waals surface area contributed by atoms with E-state index in [4.69, 9.17) is 16.3 Å². The van der Waals surface area contributed by atoms with Gasteiger partial charge in [-0.05, 0) is 34.1 Å². The summed E-state index contributed by atoms with van der Waals surface area (Å²) in [6.07, 6.45) is 0. The molecule has 0 radical (unpaired) electrons. The summed E-state index contributed by atoms with van der Waals surface area (Å²) in [6, 6.07) is 5.09. The van der Waals surface area contributed by atoms with Gasteiger partial charge in [-0.15, -0.1) is 0 Å². The fourth-order valence-electron chi connectivity index (χ4n) is 0.741. The molecule has 0 aromatic heterocycles. The molecular formula is C8H7BrClFO. The Hall–Kier alpha value is -0.280. The Morgan fingerprint density at radius 1 is 1.50 bits per heavy atom. The van der Waals surface area contributed by atoms with Crippen molar-refractivity contribution in [3.05, 3.63) is 27.7 Å². The monoisotopic (exact) mass is 252 g/mol. The van der Waals surface area contributed by atoms with Gasteiger partial charge in [0, 0.05) is 5.02 Å². The number of alkyl halides is 1. The van der Waals surface area contributed by atoms with E-state index in [0.717, 1.165) is 4.47 Å². The predicted octanol–water partition coefficient (Wildman–Crippen LogP) is 3.45.